The summed E-state index contributed by atoms with van der Waals surface area (Å²) >= 11 is 0. The van der Waals surface area contributed by atoms with Gasteiger partial charge in [-0.2, -0.15) is 0 Å². The minimum absolute atomic E-state index is 0.0248. The second kappa shape index (κ2) is 5.86. The van der Waals surface area contributed by atoms with Crippen molar-refractivity contribution in [2.24, 2.45) is 0 Å². The largest absolute Gasteiger partial charge is 0.508 e. The van der Waals surface area contributed by atoms with Crippen molar-refractivity contribution >= 4 is 11.9 Å². The van der Waals surface area contributed by atoms with Gasteiger partial charge in [-0.25, -0.2) is 4.79 Å². The number of hydrogen-bond acceptors (Lipinski definition) is 4. The van der Waals surface area contributed by atoms with Crippen molar-refractivity contribution in [3.8, 4) is 5.75 Å². The smallest absolute Gasteiger partial charge is 0.332 e. The maximum absolute atomic E-state index is 11.5. The zero-order valence-electron chi connectivity index (χ0n) is 8.96. The van der Waals surface area contributed by atoms with Crippen molar-refractivity contribution in [2.75, 3.05) is 6.54 Å². The summed E-state index contributed by atoms with van der Waals surface area (Å²) in [5.41, 5.74) is 0.273. The van der Waals surface area contributed by atoms with Crippen LogP contribution in [0.1, 0.15) is 16.8 Å². The van der Waals surface area contributed by atoms with E-state index in [9.17, 15) is 9.59 Å². The fraction of sp³-hybridized carbons (Fsp3) is 0.273. The molecule has 0 spiro atoms. The normalized spacial score (nSPS) is 11.8. The number of hydrogen-bond donors (Lipinski definition) is 4. The van der Waals surface area contributed by atoms with Gasteiger partial charge in [-0.1, -0.05) is 6.07 Å². The van der Waals surface area contributed by atoms with Crippen molar-refractivity contribution in [3.05, 3.63) is 29.8 Å². The topological polar surface area (TPSA) is 107 Å². The van der Waals surface area contributed by atoms with Crippen LogP contribution in [0.3, 0.4) is 0 Å². The van der Waals surface area contributed by atoms with E-state index in [1.54, 1.807) is 0 Å². The van der Waals surface area contributed by atoms with E-state index in [-0.39, 0.29) is 24.3 Å². The molecule has 0 fully saturated rings. The Hall–Kier alpha value is -2.08. The summed E-state index contributed by atoms with van der Waals surface area (Å²) in [4.78, 5) is 21.8. The molecule has 17 heavy (non-hydrogen) atoms. The van der Waals surface area contributed by atoms with Crippen LogP contribution in [0.25, 0.3) is 0 Å². The molecule has 6 heteroatoms. The molecule has 0 saturated heterocycles. The number of aliphatic hydroxyl groups excluding tert-OH is 1. The molecule has 6 nitrogen and oxygen atoms in total. The van der Waals surface area contributed by atoms with Crippen LogP contribution in [0, 0.1) is 0 Å². The van der Waals surface area contributed by atoms with Crippen LogP contribution in [-0.4, -0.2) is 39.8 Å². The van der Waals surface area contributed by atoms with Gasteiger partial charge in [0, 0.05) is 18.5 Å². The first-order valence-corrected chi connectivity index (χ1v) is 4.99. The fourth-order valence-electron chi connectivity index (χ4n) is 1.20. The summed E-state index contributed by atoms with van der Waals surface area (Å²) in [6, 6.07) is 5.77. The molecule has 0 aliphatic carbocycles. The van der Waals surface area contributed by atoms with Crippen molar-refractivity contribution in [3.63, 3.8) is 0 Å². The molecule has 1 atom stereocenters. The van der Waals surface area contributed by atoms with Gasteiger partial charge in [-0.3, -0.25) is 4.79 Å². The SMILES string of the molecule is O=C(NCCC(O)C(=O)O)c1cccc(O)c1. The average molecular weight is 239 g/mol. The molecule has 4 N–H and O–H groups in total. The molecule has 0 saturated carbocycles. The maximum Gasteiger partial charge on any atom is 0.332 e. The Kier molecular flexibility index (Phi) is 4.47. The van der Waals surface area contributed by atoms with Gasteiger partial charge >= 0.3 is 5.97 Å². The highest BCUT2D eigenvalue weighted by molar-refractivity contribution is 5.94. The molecule has 1 aromatic carbocycles. The quantitative estimate of drug-likeness (QED) is 0.576. The number of carboxylic acids is 1. The van der Waals surface area contributed by atoms with Crippen LogP contribution in [-0.2, 0) is 4.79 Å². The number of phenolic OH excluding ortho intramolecular Hbond substituents is 1. The lowest BCUT2D eigenvalue weighted by Crippen LogP contribution is -2.29. The Morgan fingerprint density at radius 1 is 1.35 bits per heavy atom. The minimum atomic E-state index is -1.49. The number of amides is 1. The molecular formula is C11H13NO5. The highest BCUT2D eigenvalue weighted by atomic mass is 16.4. The fourth-order valence-corrected chi connectivity index (χ4v) is 1.20. The number of aliphatic hydroxyl groups is 1. The van der Waals surface area contributed by atoms with Gasteiger partial charge in [0.25, 0.3) is 5.91 Å². The molecule has 0 heterocycles. The Labute approximate surface area is 97.5 Å². The first kappa shape index (κ1) is 13.0. The van der Waals surface area contributed by atoms with Gasteiger partial charge in [0.15, 0.2) is 6.10 Å². The van der Waals surface area contributed by atoms with Crippen LogP contribution in [0.2, 0.25) is 0 Å². The first-order valence-electron chi connectivity index (χ1n) is 4.99. The van der Waals surface area contributed by atoms with Gasteiger partial charge in [-0.05, 0) is 18.2 Å². The van der Waals surface area contributed by atoms with Gasteiger partial charge in [0.2, 0.25) is 0 Å². The zero-order valence-corrected chi connectivity index (χ0v) is 8.96. The molecule has 0 aliphatic heterocycles. The number of carbonyl (C=O) groups excluding carboxylic acids is 1. The van der Waals surface area contributed by atoms with Crippen molar-refractivity contribution < 1.29 is 24.9 Å². The number of phenols is 1. The Bertz CT molecular complexity index is 418. The Morgan fingerprint density at radius 3 is 2.65 bits per heavy atom. The van der Waals surface area contributed by atoms with E-state index in [2.05, 4.69) is 5.32 Å². The van der Waals surface area contributed by atoms with Gasteiger partial charge < -0.3 is 20.6 Å². The van der Waals surface area contributed by atoms with Gasteiger partial charge in [-0.15, -0.1) is 0 Å². The molecule has 0 radical (unpaired) electrons. The molecular weight excluding hydrogens is 226 g/mol. The molecule has 0 aliphatic rings. The highest BCUT2D eigenvalue weighted by Crippen LogP contribution is 2.10. The third kappa shape index (κ3) is 4.12. The number of carboxylic acid groups (broad SMARTS) is 1. The molecule has 1 rings (SSSR count). The lowest BCUT2D eigenvalue weighted by molar-refractivity contribution is -0.146. The predicted molar refractivity (Wildman–Crippen MR) is 58.7 cm³/mol. The standard InChI is InChI=1S/C11H13NO5/c13-8-3-1-2-7(6-8)10(15)12-5-4-9(14)11(16)17/h1-3,6,9,13-14H,4-5H2,(H,12,15)(H,16,17). The maximum atomic E-state index is 11.5. The van der Waals surface area contributed by atoms with Crippen LogP contribution >= 0.6 is 0 Å². The van der Waals surface area contributed by atoms with E-state index >= 15 is 0 Å². The second-order valence-electron chi connectivity index (χ2n) is 3.45. The van der Waals surface area contributed by atoms with Crippen molar-refractivity contribution in [1.82, 2.24) is 5.32 Å². The van der Waals surface area contributed by atoms with Gasteiger partial charge in [0.1, 0.15) is 5.75 Å². The summed E-state index contributed by atoms with van der Waals surface area (Å²) in [6.45, 7) is 0.0436. The zero-order chi connectivity index (χ0) is 12.8. The summed E-state index contributed by atoms with van der Waals surface area (Å²) in [5, 5.41) is 29.0. The molecule has 1 amide bonds. The molecule has 92 valence electrons. The van der Waals surface area contributed by atoms with Crippen LogP contribution in [0.4, 0.5) is 0 Å². The number of nitrogens with one attached hydrogen (secondary N) is 1. The molecule has 0 bridgehead atoms. The second-order valence-corrected chi connectivity index (χ2v) is 3.45. The van der Waals surface area contributed by atoms with E-state index in [1.165, 1.54) is 24.3 Å². The van der Waals surface area contributed by atoms with E-state index in [0.29, 0.717) is 0 Å². The third-order valence-corrected chi connectivity index (χ3v) is 2.10. The average Bonchev–Trinajstić information content (AvgIpc) is 2.28. The predicted octanol–water partition coefficient (Wildman–Crippen LogP) is -0.0424. The number of carbonyl (C=O) groups is 2. The Morgan fingerprint density at radius 2 is 2.06 bits per heavy atom. The minimum Gasteiger partial charge on any atom is -0.508 e. The summed E-state index contributed by atoms with van der Waals surface area (Å²) in [6.07, 6.45) is -1.56. The lowest BCUT2D eigenvalue weighted by atomic mass is 10.2. The van der Waals surface area contributed by atoms with E-state index in [0.717, 1.165) is 0 Å². The van der Waals surface area contributed by atoms with Gasteiger partial charge in [0.05, 0.1) is 0 Å². The first-order chi connectivity index (χ1) is 8.00. The Balaban J connectivity index is 2.43. The molecule has 1 unspecified atom stereocenters. The number of rotatable bonds is 5. The number of aromatic hydroxyl groups is 1. The van der Waals surface area contributed by atoms with Crippen LogP contribution in [0.5, 0.6) is 5.75 Å². The summed E-state index contributed by atoms with van der Waals surface area (Å²) in [7, 11) is 0. The highest BCUT2D eigenvalue weighted by Gasteiger charge is 2.13. The van der Waals surface area contributed by atoms with Crippen molar-refractivity contribution in [2.45, 2.75) is 12.5 Å². The van der Waals surface area contributed by atoms with E-state index in [4.69, 9.17) is 15.3 Å². The monoisotopic (exact) mass is 239 g/mol. The molecule has 0 aromatic heterocycles. The summed E-state index contributed by atoms with van der Waals surface area (Å²) < 4.78 is 0. The van der Waals surface area contributed by atoms with E-state index in [1.807, 2.05) is 0 Å². The summed E-state index contributed by atoms with van der Waals surface area (Å²) in [5.74, 6) is -1.78. The number of benzene rings is 1. The lowest BCUT2D eigenvalue weighted by Gasteiger charge is -2.07. The molecule has 1 aromatic rings. The number of aliphatic carboxylic acids is 1. The van der Waals surface area contributed by atoms with Crippen LogP contribution < -0.4 is 5.32 Å². The third-order valence-electron chi connectivity index (χ3n) is 2.10. The van der Waals surface area contributed by atoms with E-state index < -0.39 is 18.0 Å². The van der Waals surface area contributed by atoms with Crippen LogP contribution in [0.15, 0.2) is 24.3 Å². The van der Waals surface area contributed by atoms with Crippen molar-refractivity contribution in [1.29, 1.82) is 0 Å².